The molecule has 1 saturated heterocycles. The van der Waals surface area contributed by atoms with E-state index in [4.69, 9.17) is 14.4 Å². The number of ether oxygens (including phenoxy) is 1. The lowest BCUT2D eigenvalue weighted by Gasteiger charge is -2.32. The quantitative estimate of drug-likeness (QED) is 0.614. The molecule has 32 heavy (non-hydrogen) atoms. The number of rotatable bonds is 6. The predicted molar refractivity (Wildman–Crippen MR) is 119 cm³/mol. The molecule has 3 heterocycles. The molecule has 2 aromatic rings. The van der Waals surface area contributed by atoms with Crippen LogP contribution in [0.1, 0.15) is 25.5 Å². The number of hydrogen-bond acceptors (Lipinski definition) is 8. The van der Waals surface area contributed by atoms with Crippen molar-refractivity contribution in [3.8, 4) is 5.75 Å². The highest BCUT2D eigenvalue weighted by Crippen LogP contribution is 2.29. The molecule has 1 aromatic heterocycles. The Morgan fingerprint density at radius 1 is 1.38 bits per heavy atom. The second-order valence-electron chi connectivity index (χ2n) is 7.62. The molecule has 0 spiro atoms. The fourth-order valence-electron chi connectivity index (χ4n) is 3.54. The minimum absolute atomic E-state index is 0.0269. The average molecular weight is 508 g/mol. The van der Waals surface area contributed by atoms with E-state index >= 15 is 0 Å². The molecule has 1 fully saturated rings. The lowest BCUT2D eigenvalue weighted by molar-refractivity contribution is -0.138. The smallest absolute Gasteiger partial charge is 0.319 e. The molecule has 0 atom stereocenters. The number of aliphatic carboxylic acids is 1. The normalized spacial score (nSPS) is 17.9. The monoisotopic (exact) mass is 507 g/mol. The van der Waals surface area contributed by atoms with Crippen molar-refractivity contribution in [1.29, 1.82) is 0 Å². The Labute approximate surface area is 192 Å². The van der Waals surface area contributed by atoms with Gasteiger partial charge in [-0.15, -0.1) is 0 Å². The fourth-order valence-corrected chi connectivity index (χ4v) is 3.88. The molecule has 170 valence electrons. The summed E-state index contributed by atoms with van der Waals surface area (Å²) in [4.78, 5) is 17.6. The van der Waals surface area contributed by atoms with Crippen LogP contribution in [0.25, 0.3) is 0 Å². The summed E-state index contributed by atoms with van der Waals surface area (Å²) in [5.74, 6) is 0.721. The van der Waals surface area contributed by atoms with Crippen molar-refractivity contribution in [3.05, 3.63) is 52.1 Å². The number of nitrogens with one attached hydrogen (secondary N) is 1. The first-order chi connectivity index (χ1) is 15.4. The summed E-state index contributed by atoms with van der Waals surface area (Å²) in [5, 5.41) is 14.8. The van der Waals surface area contributed by atoms with Gasteiger partial charge >= 0.3 is 5.97 Å². The van der Waals surface area contributed by atoms with Gasteiger partial charge in [0, 0.05) is 50.3 Å². The van der Waals surface area contributed by atoms with Crippen molar-refractivity contribution in [1.82, 2.24) is 15.6 Å². The van der Waals surface area contributed by atoms with Crippen LogP contribution in [0.15, 0.2) is 50.0 Å². The molecule has 0 amide bonds. The van der Waals surface area contributed by atoms with Crippen LogP contribution in [-0.4, -0.2) is 59.4 Å². The lowest BCUT2D eigenvalue weighted by atomic mass is 10.1. The van der Waals surface area contributed by atoms with E-state index in [-0.39, 0.29) is 18.5 Å². The Balaban J connectivity index is 1.38. The molecule has 11 heteroatoms. The Morgan fingerprint density at radius 3 is 2.91 bits per heavy atom. The molecule has 4 rings (SSSR count). The first-order valence-electron chi connectivity index (χ1n) is 10.2. The van der Waals surface area contributed by atoms with Crippen LogP contribution in [0, 0.1) is 5.82 Å². The Bertz CT molecular complexity index is 1050. The molecule has 0 aliphatic carbocycles. The van der Waals surface area contributed by atoms with Crippen molar-refractivity contribution in [3.63, 3.8) is 0 Å². The van der Waals surface area contributed by atoms with Gasteiger partial charge in [-0.2, -0.15) is 0 Å². The number of carbonyl (C=O) groups is 1. The topological polar surface area (TPSA) is 103 Å². The van der Waals surface area contributed by atoms with Crippen LogP contribution in [0.3, 0.4) is 0 Å². The lowest BCUT2D eigenvalue weighted by Crippen LogP contribution is -2.44. The summed E-state index contributed by atoms with van der Waals surface area (Å²) >= 11 is 3.39. The molecule has 2 aliphatic heterocycles. The van der Waals surface area contributed by atoms with Crippen LogP contribution in [-0.2, 0) is 4.79 Å². The minimum Gasteiger partial charge on any atom is -0.489 e. The highest BCUT2D eigenvalue weighted by molar-refractivity contribution is 9.10. The number of aromatic nitrogens is 1. The molecule has 0 radical (unpaired) electrons. The van der Waals surface area contributed by atoms with Gasteiger partial charge in [-0.1, -0.05) is 5.16 Å². The van der Waals surface area contributed by atoms with Gasteiger partial charge in [-0.25, -0.2) is 14.4 Å². The third kappa shape index (κ3) is 5.46. The van der Waals surface area contributed by atoms with Crippen LogP contribution >= 0.6 is 15.9 Å². The fraction of sp³-hybridized carbons (Fsp3) is 0.381. The van der Waals surface area contributed by atoms with Crippen molar-refractivity contribution in [2.75, 3.05) is 31.1 Å². The summed E-state index contributed by atoms with van der Waals surface area (Å²) in [6.07, 6.45) is 3.31. The number of hydrogen-bond donors (Lipinski definition) is 2. The van der Waals surface area contributed by atoms with Crippen LogP contribution in [0.2, 0.25) is 0 Å². The van der Waals surface area contributed by atoms with Gasteiger partial charge < -0.3 is 19.3 Å². The van der Waals surface area contributed by atoms with E-state index in [2.05, 4.69) is 36.4 Å². The molecule has 0 saturated carbocycles. The Hall–Kier alpha value is -2.92. The zero-order valence-electron chi connectivity index (χ0n) is 17.4. The summed E-state index contributed by atoms with van der Waals surface area (Å²) in [6.45, 7) is 3.46. The van der Waals surface area contributed by atoms with E-state index in [1.54, 1.807) is 12.1 Å². The number of hydrazine groups is 1. The molecule has 9 nitrogen and oxygen atoms in total. The highest BCUT2D eigenvalue weighted by Gasteiger charge is 2.25. The number of carboxylic acid groups (broad SMARTS) is 1. The zero-order chi connectivity index (χ0) is 22.7. The molecule has 0 unspecified atom stereocenters. The van der Waals surface area contributed by atoms with Gasteiger partial charge in [0.15, 0.2) is 11.7 Å². The highest BCUT2D eigenvalue weighted by atomic mass is 79.9. The first-order valence-corrected chi connectivity index (χ1v) is 11.0. The number of carboxylic acids is 1. The van der Waals surface area contributed by atoms with E-state index in [1.165, 1.54) is 17.1 Å². The maximum Gasteiger partial charge on any atom is 0.319 e. The predicted octanol–water partition coefficient (Wildman–Crippen LogP) is 3.18. The van der Waals surface area contributed by atoms with Gasteiger partial charge in [0.25, 0.3) is 0 Å². The number of benzene rings is 1. The van der Waals surface area contributed by atoms with E-state index in [0.717, 1.165) is 23.0 Å². The molecule has 0 bridgehead atoms. The number of allylic oxidation sites excluding steroid dienone is 1. The molecule has 1 aromatic carbocycles. The van der Waals surface area contributed by atoms with E-state index in [0.29, 0.717) is 42.8 Å². The maximum atomic E-state index is 13.5. The van der Waals surface area contributed by atoms with Gasteiger partial charge in [0.1, 0.15) is 24.2 Å². The number of anilines is 1. The Morgan fingerprint density at radius 2 is 2.16 bits per heavy atom. The molecular formula is C21H23BrFN5O4. The Kier molecular flexibility index (Phi) is 6.75. The summed E-state index contributed by atoms with van der Waals surface area (Å²) in [6, 6.07) is 6.18. The van der Waals surface area contributed by atoms with E-state index in [9.17, 15) is 9.18 Å². The first kappa shape index (κ1) is 22.3. The summed E-state index contributed by atoms with van der Waals surface area (Å²) < 4.78 is 25.7. The van der Waals surface area contributed by atoms with Crippen molar-refractivity contribution in [2.45, 2.75) is 25.9 Å². The second kappa shape index (κ2) is 9.70. The number of halogens is 2. The van der Waals surface area contributed by atoms with Crippen molar-refractivity contribution >= 4 is 33.6 Å². The number of piperidine rings is 1. The summed E-state index contributed by atoms with van der Waals surface area (Å²) in [7, 11) is 0. The second-order valence-corrected chi connectivity index (χ2v) is 8.47. The maximum absolute atomic E-state index is 13.5. The van der Waals surface area contributed by atoms with Gasteiger partial charge in [0.05, 0.1) is 4.47 Å². The van der Waals surface area contributed by atoms with Crippen molar-refractivity contribution in [2.24, 2.45) is 4.99 Å². The number of aliphatic imine (C=N–C) groups is 1. The average Bonchev–Trinajstić information content (AvgIpc) is 3.17. The van der Waals surface area contributed by atoms with E-state index < -0.39 is 5.97 Å². The standard InChI is InChI=1S/C21H23BrFN5O4/c1-13-4-9-28(12-20(29)30)25-21(24-13)18-11-19(26-32-18)27-7-5-15(6-8-27)31-17-10-14(23)2-3-16(17)22/h2-4,10-11,15H,5-9,12H2,1H3,(H,24,25)(H,29,30). The van der Waals surface area contributed by atoms with Crippen LogP contribution in [0.5, 0.6) is 5.75 Å². The zero-order valence-corrected chi connectivity index (χ0v) is 19.0. The minimum atomic E-state index is -0.946. The van der Waals surface area contributed by atoms with Crippen molar-refractivity contribution < 1.29 is 23.6 Å². The SMILES string of the molecule is CC1=CCN(CC(=O)O)NC(c2cc(N3CCC(Oc4cc(F)ccc4Br)CC3)no2)=N1. The number of nitrogens with zero attached hydrogens (tertiary/aromatic N) is 4. The molecule has 2 N–H and O–H groups in total. The van der Waals surface area contributed by atoms with Gasteiger partial charge in [-0.3, -0.25) is 10.2 Å². The van der Waals surface area contributed by atoms with E-state index in [1.807, 2.05) is 13.0 Å². The van der Waals surface area contributed by atoms with Gasteiger partial charge in [-0.05, 0) is 41.1 Å². The largest absolute Gasteiger partial charge is 0.489 e. The molecule has 2 aliphatic rings. The van der Waals surface area contributed by atoms with Crippen LogP contribution < -0.4 is 15.1 Å². The van der Waals surface area contributed by atoms with Crippen LogP contribution in [0.4, 0.5) is 10.2 Å². The third-order valence-corrected chi connectivity index (χ3v) is 5.82. The van der Waals surface area contributed by atoms with Gasteiger partial charge in [0.2, 0.25) is 5.76 Å². The molecular weight excluding hydrogens is 485 g/mol. The third-order valence-electron chi connectivity index (χ3n) is 5.17. The number of amidine groups is 1. The summed E-state index contributed by atoms with van der Waals surface area (Å²) in [5.41, 5.74) is 3.75.